The smallest absolute Gasteiger partial charge is 0.224 e. The van der Waals surface area contributed by atoms with Gasteiger partial charge in [0.1, 0.15) is 11.6 Å². The van der Waals surface area contributed by atoms with Gasteiger partial charge in [0.25, 0.3) is 0 Å². The fourth-order valence-electron chi connectivity index (χ4n) is 3.15. The van der Waals surface area contributed by atoms with Crippen molar-refractivity contribution in [2.75, 3.05) is 42.3 Å². The molecule has 0 saturated carbocycles. The van der Waals surface area contributed by atoms with Gasteiger partial charge >= 0.3 is 0 Å². The van der Waals surface area contributed by atoms with Crippen LogP contribution in [0.25, 0.3) is 0 Å². The van der Waals surface area contributed by atoms with Gasteiger partial charge in [-0.25, -0.2) is 4.98 Å². The number of methoxy groups -OCH3 is 1. The van der Waals surface area contributed by atoms with Crippen molar-refractivity contribution in [1.29, 1.82) is 0 Å². The summed E-state index contributed by atoms with van der Waals surface area (Å²) in [7, 11) is 1.68. The van der Waals surface area contributed by atoms with Crippen LogP contribution in [0.5, 0.6) is 5.75 Å². The van der Waals surface area contributed by atoms with Gasteiger partial charge in [0.15, 0.2) is 0 Å². The van der Waals surface area contributed by atoms with Crippen LogP contribution in [0.1, 0.15) is 19.4 Å². The van der Waals surface area contributed by atoms with Crippen molar-refractivity contribution < 1.29 is 4.74 Å². The first-order valence-electron chi connectivity index (χ1n) is 10.0. The van der Waals surface area contributed by atoms with Crippen LogP contribution >= 0.6 is 0 Å². The first-order chi connectivity index (χ1) is 14.2. The second-order valence-corrected chi connectivity index (χ2v) is 6.64. The van der Waals surface area contributed by atoms with Crippen molar-refractivity contribution >= 4 is 23.1 Å². The number of nitrogens with zero attached hydrogens (tertiary/aromatic N) is 3. The Labute approximate surface area is 173 Å². The van der Waals surface area contributed by atoms with E-state index in [0.717, 1.165) is 43.3 Å². The van der Waals surface area contributed by atoms with Gasteiger partial charge in [0, 0.05) is 37.2 Å². The van der Waals surface area contributed by atoms with Crippen molar-refractivity contribution in [2.45, 2.75) is 20.3 Å². The van der Waals surface area contributed by atoms with Crippen LogP contribution in [0.2, 0.25) is 0 Å². The fraction of sp³-hybridized carbons (Fsp3) is 0.304. The number of ether oxygens (including phenoxy) is 1. The number of aromatic nitrogens is 2. The van der Waals surface area contributed by atoms with Crippen LogP contribution in [0.3, 0.4) is 0 Å². The molecule has 0 aliphatic carbocycles. The Balaban J connectivity index is 1.56. The van der Waals surface area contributed by atoms with E-state index < -0.39 is 0 Å². The van der Waals surface area contributed by atoms with Crippen molar-refractivity contribution in [2.24, 2.45) is 0 Å². The largest absolute Gasteiger partial charge is 0.497 e. The molecule has 3 aromatic rings. The molecule has 6 heteroatoms. The Morgan fingerprint density at radius 3 is 2.52 bits per heavy atom. The standard InChI is InChI=1S/C23H29N5O/c1-4-28(5-2)20-11-9-19(10-12-20)26-22-14-16-25-23(27-22)24-15-13-18-7-6-8-21(17-18)29-3/h6-12,14,16-17H,4-5,13,15H2,1-3H3,(H2,24,25,26,27). The Hall–Kier alpha value is -3.28. The number of benzene rings is 2. The molecular weight excluding hydrogens is 362 g/mol. The first-order valence-corrected chi connectivity index (χ1v) is 10.0. The summed E-state index contributed by atoms with van der Waals surface area (Å²) in [4.78, 5) is 11.2. The predicted molar refractivity (Wildman–Crippen MR) is 121 cm³/mol. The van der Waals surface area contributed by atoms with Crippen LogP contribution in [0.15, 0.2) is 60.8 Å². The number of rotatable bonds is 10. The van der Waals surface area contributed by atoms with E-state index in [-0.39, 0.29) is 0 Å². The van der Waals surface area contributed by atoms with Gasteiger partial charge < -0.3 is 20.3 Å². The monoisotopic (exact) mass is 391 g/mol. The van der Waals surface area contributed by atoms with Crippen molar-refractivity contribution in [3.8, 4) is 5.75 Å². The van der Waals surface area contributed by atoms with Crippen molar-refractivity contribution in [3.05, 3.63) is 66.4 Å². The van der Waals surface area contributed by atoms with E-state index in [1.165, 1.54) is 11.3 Å². The second kappa shape index (κ2) is 10.3. The number of nitrogens with one attached hydrogen (secondary N) is 2. The molecule has 1 heterocycles. The van der Waals surface area contributed by atoms with Crippen LogP contribution in [0, 0.1) is 0 Å². The molecule has 2 N–H and O–H groups in total. The maximum absolute atomic E-state index is 5.27. The lowest BCUT2D eigenvalue weighted by atomic mass is 10.1. The molecule has 0 saturated heterocycles. The molecule has 6 nitrogen and oxygen atoms in total. The summed E-state index contributed by atoms with van der Waals surface area (Å²) in [6.45, 7) is 7.08. The fourth-order valence-corrected chi connectivity index (χ4v) is 3.15. The molecule has 1 aromatic heterocycles. The Morgan fingerprint density at radius 1 is 1.00 bits per heavy atom. The summed E-state index contributed by atoms with van der Waals surface area (Å²) < 4.78 is 5.27. The molecule has 152 valence electrons. The molecule has 0 bridgehead atoms. The maximum atomic E-state index is 5.27. The van der Waals surface area contributed by atoms with E-state index in [4.69, 9.17) is 4.74 Å². The second-order valence-electron chi connectivity index (χ2n) is 6.64. The number of hydrogen-bond acceptors (Lipinski definition) is 6. The highest BCUT2D eigenvalue weighted by molar-refractivity contribution is 5.61. The zero-order valence-electron chi connectivity index (χ0n) is 17.4. The average molecular weight is 392 g/mol. The van der Waals surface area contributed by atoms with Gasteiger partial charge in [0.05, 0.1) is 7.11 Å². The molecule has 0 radical (unpaired) electrons. The summed E-state index contributed by atoms with van der Waals surface area (Å²) in [5.41, 5.74) is 3.43. The number of anilines is 4. The van der Waals surface area contributed by atoms with E-state index in [2.05, 4.69) is 69.7 Å². The highest BCUT2D eigenvalue weighted by atomic mass is 16.5. The maximum Gasteiger partial charge on any atom is 0.224 e. The van der Waals surface area contributed by atoms with E-state index in [0.29, 0.717) is 5.95 Å². The normalized spacial score (nSPS) is 10.4. The first kappa shape index (κ1) is 20.5. The Kier molecular flexibility index (Phi) is 7.28. The molecule has 2 aromatic carbocycles. The summed E-state index contributed by atoms with van der Waals surface area (Å²) in [5, 5.41) is 6.63. The lowest BCUT2D eigenvalue weighted by Crippen LogP contribution is -2.21. The zero-order chi connectivity index (χ0) is 20.5. The third-order valence-electron chi connectivity index (χ3n) is 4.75. The molecule has 29 heavy (non-hydrogen) atoms. The highest BCUT2D eigenvalue weighted by Gasteiger charge is 2.04. The summed E-state index contributed by atoms with van der Waals surface area (Å²) in [6, 6.07) is 18.4. The van der Waals surface area contributed by atoms with Gasteiger partial charge in [-0.2, -0.15) is 4.98 Å². The van der Waals surface area contributed by atoms with Gasteiger partial charge in [-0.15, -0.1) is 0 Å². The molecular formula is C23H29N5O. The summed E-state index contributed by atoms with van der Waals surface area (Å²) in [5.74, 6) is 2.24. The van der Waals surface area contributed by atoms with Crippen LogP contribution in [0.4, 0.5) is 23.1 Å². The minimum absolute atomic E-state index is 0.609. The molecule has 0 atom stereocenters. The molecule has 0 amide bonds. The summed E-state index contributed by atoms with van der Waals surface area (Å²) in [6.07, 6.45) is 2.62. The van der Waals surface area contributed by atoms with Crippen molar-refractivity contribution in [1.82, 2.24) is 9.97 Å². The molecule has 0 aliphatic heterocycles. The zero-order valence-corrected chi connectivity index (χ0v) is 17.4. The predicted octanol–water partition coefficient (Wildman–Crippen LogP) is 4.73. The molecule has 0 fully saturated rings. The van der Waals surface area contributed by atoms with E-state index in [1.807, 2.05) is 24.3 Å². The molecule has 0 spiro atoms. The van der Waals surface area contributed by atoms with Crippen LogP contribution < -0.4 is 20.3 Å². The summed E-state index contributed by atoms with van der Waals surface area (Å²) >= 11 is 0. The average Bonchev–Trinajstić information content (AvgIpc) is 2.76. The quantitative estimate of drug-likeness (QED) is 0.521. The van der Waals surface area contributed by atoms with E-state index in [9.17, 15) is 0 Å². The van der Waals surface area contributed by atoms with Crippen LogP contribution in [-0.2, 0) is 6.42 Å². The van der Waals surface area contributed by atoms with E-state index >= 15 is 0 Å². The minimum atomic E-state index is 0.609. The Bertz CT molecular complexity index is 894. The van der Waals surface area contributed by atoms with Gasteiger partial charge in [-0.3, -0.25) is 0 Å². The van der Waals surface area contributed by atoms with Gasteiger partial charge in [-0.1, -0.05) is 12.1 Å². The third-order valence-corrected chi connectivity index (χ3v) is 4.75. The van der Waals surface area contributed by atoms with Crippen molar-refractivity contribution in [3.63, 3.8) is 0 Å². The SMILES string of the molecule is CCN(CC)c1ccc(Nc2ccnc(NCCc3cccc(OC)c3)n2)cc1. The molecule has 0 unspecified atom stereocenters. The minimum Gasteiger partial charge on any atom is -0.497 e. The van der Waals surface area contributed by atoms with E-state index in [1.54, 1.807) is 13.3 Å². The highest BCUT2D eigenvalue weighted by Crippen LogP contribution is 2.20. The molecule has 0 aliphatic rings. The third kappa shape index (κ3) is 5.85. The van der Waals surface area contributed by atoms with Crippen LogP contribution in [-0.4, -0.2) is 36.7 Å². The van der Waals surface area contributed by atoms with Gasteiger partial charge in [0.2, 0.25) is 5.95 Å². The molecule has 3 rings (SSSR count). The topological polar surface area (TPSA) is 62.3 Å². The van der Waals surface area contributed by atoms with Gasteiger partial charge in [-0.05, 0) is 68.3 Å². The lowest BCUT2D eigenvalue weighted by molar-refractivity contribution is 0.414. The number of hydrogen-bond donors (Lipinski definition) is 2. The Morgan fingerprint density at radius 2 is 1.79 bits per heavy atom. The lowest BCUT2D eigenvalue weighted by Gasteiger charge is -2.21.